The highest BCUT2D eigenvalue weighted by Crippen LogP contribution is 2.46. The molecular formula is C50H26F12N2S2. The Bertz CT molecular complexity index is 3110. The van der Waals surface area contributed by atoms with E-state index in [1.807, 2.05) is 36.4 Å². The molecule has 0 bridgehead atoms. The molecule has 0 aliphatic heterocycles. The van der Waals surface area contributed by atoms with Gasteiger partial charge < -0.3 is 9.80 Å². The molecular weight excluding hydrogens is 921 g/mol. The van der Waals surface area contributed by atoms with Crippen molar-refractivity contribution >= 4 is 108 Å². The van der Waals surface area contributed by atoms with Gasteiger partial charge >= 0.3 is 24.7 Å². The molecule has 2 heterocycles. The van der Waals surface area contributed by atoms with E-state index in [0.717, 1.165) is 99.6 Å². The molecule has 0 aliphatic carbocycles. The summed E-state index contributed by atoms with van der Waals surface area (Å²) in [6, 6.07) is 36.7. The standard InChI is InChI=1S/C50H26F12N2S2/c51-47(52,53)29-1-9-33(10-2-29)63(34-11-3-30(4-12-34)48(54,55)56)37-17-19-39-41-21-27-22-42-40-20-18-38(26-46(40)66-44(42)24-28(27)23-43(41)65-45(39)25-37)64(35-13-5-31(6-14-35)49(57,58)59)36-15-7-32(8-16-36)50(60,61)62/h1-26H. The molecule has 0 aliphatic rings. The van der Waals surface area contributed by atoms with Crippen molar-refractivity contribution in [1.29, 1.82) is 0 Å². The summed E-state index contributed by atoms with van der Waals surface area (Å²) in [4.78, 5) is 3.19. The van der Waals surface area contributed by atoms with Gasteiger partial charge in [0.05, 0.1) is 22.3 Å². The Balaban J connectivity index is 1.04. The van der Waals surface area contributed by atoms with E-state index < -0.39 is 47.0 Å². The van der Waals surface area contributed by atoms with Crippen molar-refractivity contribution in [1.82, 2.24) is 0 Å². The average Bonchev–Trinajstić information content (AvgIpc) is 3.80. The molecule has 0 atom stereocenters. The molecule has 66 heavy (non-hydrogen) atoms. The summed E-state index contributed by atoms with van der Waals surface area (Å²) in [5.41, 5.74) is -1.24. The first-order valence-corrected chi connectivity index (χ1v) is 21.4. The molecule has 0 amide bonds. The van der Waals surface area contributed by atoms with E-state index in [-0.39, 0.29) is 0 Å². The third kappa shape index (κ3) is 7.91. The summed E-state index contributed by atoms with van der Waals surface area (Å²) in [5, 5.41) is 5.44. The lowest BCUT2D eigenvalue weighted by atomic mass is 10.0. The van der Waals surface area contributed by atoms with Gasteiger partial charge in [0.1, 0.15) is 0 Å². The Kier molecular flexibility index (Phi) is 10.1. The maximum absolute atomic E-state index is 13.5. The van der Waals surface area contributed by atoms with Crippen molar-refractivity contribution in [2.75, 3.05) is 9.80 Å². The Labute approximate surface area is 373 Å². The van der Waals surface area contributed by atoms with Crippen LogP contribution < -0.4 is 9.80 Å². The van der Waals surface area contributed by atoms with Gasteiger partial charge in [-0.2, -0.15) is 52.7 Å². The van der Waals surface area contributed by atoms with Crippen molar-refractivity contribution in [3.8, 4) is 0 Å². The van der Waals surface area contributed by atoms with E-state index in [9.17, 15) is 52.7 Å². The second kappa shape index (κ2) is 15.4. The van der Waals surface area contributed by atoms with Gasteiger partial charge in [-0.25, -0.2) is 0 Å². The molecule has 8 aromatic carbocycles. The van der Waals surface area contributed by atoms with Crippen molar-refractivity contribution < 1.29 is 52.7 Å². The zero-order chi connectivity index (χ0) is 46.5. The number of alkyl halides is 12. The van der Waals surface area contributed by atoms with Crippen LogP contribution in [-0.4, -0.2) is 0 Å². The summed E-state index contributed by atoms with van der Waals surface area (Å²) in [5.74, 6) is 0. The fraction of sp³-hybridized carbons (Fsp3) is 0.0800. The summed E-state index contributed by atoms with van der Waals surface area (Å²) < 4.78 is 165. The van der Waals surface area contributed by atoms with Gasteiger partial charge in [0.25, 0.3) is 0 Å². The van der Waals surface area contributed by atoms with Gasteiger partial charge in [-0.05, 0) is 156 Å². The number of nitrogens with zero attached hydrogens (tertiary/aromatic N) is 2. The van der Waals surface area contributed by atoms with Crippen LogP contribution in [0.2, 0.25) is 0 Å². The lowest BCUT2D eigenvalue weighted by Gasteiger charge is -2.26. The minimum absolute atomic E-state index is 0.306. The highest BCUT2D eigenvalue weighted by Gasteiger charge is 2.33. The monoisotopic (exact) mass is 946 g/mol. The summed E-state index contributed by atoms with van der Waals surface area (Å²) in [6.07, 6.45) is -18.4. The quantitative estimate of drug-likeness (QED) is 0.153. The van der Waals surface area contributed by atoms with Gasteiger partial charge in [0.15, 0.2) is 0 Å². The maximum atomic E-state index is 13.5. The minimum atomic E-state index is -4.59. The van der Waals surface area contributed by atoms with Crippen LogP contribution in [0.5, 0.6) is 0 Å². The molecule has 0 saturated carbocycles. The lowest BCUT2D eigenvalue weighted by Crippen LogP contribution is -2.12. The zero-order valence-corrected chi connectivity index (χ0v) is 34.9. The SMILES string of the molecule is FC(F)(F)c1ccc(N(c2ccc(C(F)(F)F)cc2)c2ccc3c(c2)sc2cc4cc5sc6cc(N(c7ccc(C(F)(F)F)cc7)c7ccc(C(F)(F)F)cc7)ccc6c5cc4cc23)cc1. The van der Waals surface area contributed by atoms with E-state index in [4.69, 9.17) is 0 Å². The fourth-order valence-electron chi connectivity index (χ4n) is 8.14. The van der Waals surface area contributed by atoms with Crippen LogP contribution in [0, 0.1) is 0 Å². The summed E-state index contributed by atoms with van der Waals surface area (Å²) in [7, 11) is 0. The van der Waals surface area contributed by atoms with Gasteiger partial charge in [-0.1, -0.05) is 12.1 Å². The van der Waals surface area contributed by atoms with Crippen LogP contribution in [0.4, 0.5) is 86.8 Å². The van der Waals surface area contributed by atoms with Crippen molar-refractivity contribution in [2.24, 2.45) is 0 Å². The van der Waals surface area contributed by atoms with Gasteiger partial charge in [-0.3, -0.25) is 0 Å². The molecule has 0 spiro atoms. The Morgan fingerprint density at radius 2 is 0.500 bits per heavy atom. The zero-order valence-electron chi connectivity index (χ0n) is 33.3. The second-order valence-corrected chi connectivity index (χ2v) is 17.6. The van der Waals surface area contributed by atoms with E-state index in [1.54, 1.807) is 21.9 Å². The second-order valence-electron chi connectivity index (χ2n) is 15.5. The van der Waals surface area contributed by atoms with E-state index in [0.29, 0.717) is 34.1 Å². The van der Waals surface area contributed by atoms with Gasteiger partial charge in [0.2, 0.25) is 0 Å². The maximum Gasteiger partial charge on any atom is 0.416 e. The third-order valence-electron chi connectivity index (χ3n) is 11.3. The molecule has 0 unspecified atom stereocenters. The molecule has 0 saturated heterocycles. The fourth-order valence-corrected chi connectivity index (χ4v) is 10.5. The molecule has 2 aromatic heterocycles. The van der Waals surface area contributed by atoms with Gasteiger partial charge in [0, 0.05) is 74.5 Å². The Morgan fingerprint density at radius 3 is 0.773 bits per heavy atom. The van der Waals surface area contributed by atoms with E-state index in [2.05, 4.69) is 12.1 Å². The highest BCUT2D eigenvalue weighted by atomic mass is 32.1. The predicted octanol–water partition coefficient (Wildman–Crippen LogP) is 18.6. The van der Waals surface area contributed by atoms with Crippen LogP contribution in [0.3, 0.4) is 0 Å². The highest BCUT2D eigenvalue weighted by molar-refractivity contribution is 7.26. The molecule has 10 rings (SSSR count). The first kappa shape index (κ1) is 43.1. The average molecular weight is 947 g/mol. The van der Waals surface area contributed by atoms with Crippen molar-refractivity contribution in [3.63, 3.8) is 0 Å². The topological polar surface area (TPSA) is 6.48 Å². The normalized spacial score (nSPS) is 12.8. The number of fused-ring (bicyclic) bond motifs is 7. The smallest absolute Gasteiger partial charge is 0.310 e. The lowest BCUT2D eigenvalue weighted by molar-refractivity contribution is -0.138. The largest absolute Gasteiger partial charge is 0.416 e. The van der Waals surface area contributed by atoms with Crippen LogP contribution in [0.25, 0.3) is 51.1 Å². The molecule has 0 fully saturated rings. The molecule has 332 valence electrons. The van der Waals surface area contributed by atoms with Gasteiger partial charge in [-0.15, -0.1) is 22.7 Å². The first-order chi connectivity index (χ1) is 31.2. The third-order valence-corrected chi connectivity index (χ3v) is 13.5. The number of thiophene rings is 2. The molecule has 10 aromatic rings. The Morgan fingerprint density at radius 1 is 0.258 bits per heavy atom. The summed E-state index contributed by atoms with van der Waals surface area (Å²) >= 11 is 2.95. The van der Waals surface area contributed by atoms with Crippen molar-refractivity contribution in [2.45, 2.75) is 24.7 Å². The predicted molar refractivity (Wildman–Crippen MR) is 239 cm³/mol. The summed E-state index contributed by atoms with van der Waals surface area (Å²) in [6.45, 7) is 0. The number of hydrogen-bond acceptors (Lipinski definition) is 4. The first-order valence-electron chi connectivity index (χ1n) is 19.7. The number of anilines is 6. The number of hydrogen-bond donors (Lipinski definition) is 0. The molecule has 0 N–H and O–H groups in total. The Hall–Kier alpha value is -6.78. The van der Waals surface area contributed by atoms with Crippen LogP contribution in [-0.2, 0) is 24.7 Å². The number of benzene rings is 8. The molecule has 2 nitrogen and oxygen atoms in total. The number of halogens is 12. The molecule has 0 radical (unpaired) electrons. The minimum Gasteiger partial charge on any atom is -0.310 e. The number of rotatable bonds is 6. The van der Waals surface area contributed by atoms with Crippen LogP contribution >= 0.6 is 22.7 Å². The van der Waals surface area contributed by atoms with E-state index in [1.165, 1.54) is 71.2 Å². The van der Waals surface area contributed by atoms with Crippen LogP contribution in [0.1, 0.15) is 22.3 Å². The van der Waals surface area contributed by atoms with E-state index >= 15 is 0 Å². The molecule has 16 heteroatoms. The van der Waals surface area contributed by atoms with Crippen LogP contribution in [0.15, 0.2) is 158 Å². The van der Waals surface area contributed by atoms with Crippen molar-refractivity contribution in [3.05, 3.63) is 180 Å².